The number of carbonyl (C=O) groups excluding carboxylic acids is 1. The molecule has 0 radical (unpaired) electrons. The third kappa shape index (κ3) is 2.20. The molecular formula is C9H15N3OS. The van der Waals surface area contributed by atoms with Gasteiger partial charge in [0.25, 0.3) is 0 Å². The van der Waals surface area contributed by atoms with Crippen molar-refractivity contribution in [2.24, 2.45) is 16.6 Å². The lowest BCUT2D eigenvalue weighted by Gasteiger charge is -2.29. The van der Waals surface area contributed by atoms with Gasteiger partial charge in [-0.3, -0.25) is 9.79 Å². The van der Waals surface area contributed by atoms with Gasteiger partial charge in [0, 0.05) is 5.25 Å². The highest BCUT2D eigenvalue weighted by Gasteiger charge is 2.31. The van der Waals surface area contributed by atoms with Crippen molar-refractivity contribution in [3.8, 4) is 0 Å². The minimum atomic E-state index is -0.333. The molecule has 14 heavy (non-hydrogen) atoms. The van der Waals surface area contributed by atoms with E-state index in [1.807, 2.05) is 0 Å². The average molecular weight is 213 g/mol. The molecule has 3 N–H and O–H groups in total. The average Bonchev–Trinajstić information content (AvgIpc) is 2.46. The number of thioether (sulfide) groups is 1. The van der Waals surface area contributed by atoms with Gasteiger partial charge in [0.05, 0.1) is 13.1 Å². The van der Waals surface area contributed by atoms with Gasteiger partial charge in [0.15, 0.2) is 5.17 Å². The molecule has 2 aliphatic rings. The molecule has 0 aromatic heterocycles. The lowest BCUT2D eigenvalue weighted by Crippen LogP contribution is -2.32. The summed E-state index contributed by atoms with van der Waals surface area (Å²) in [7, 11) is 0. The van der Waals surface area contributed by atoms with E-state index < -0.39 is 0 Å². The molecule has 0 bridgehead atoms. The largest absolute Gasteiger partial charge is 0.368 e. The van der Waals surface area contributed by atoms with E-state index in [4.69, 9.17) is 5.73 Å². The Balaban J connectivity index is 1.72. The van der Waals surface area contributed by atoms with Crippen molar-refractivity contribution in [2.75, 3.05) is 13.1 Å². The molecule has 0 spiro atoms. The predicted molar refractivity (Wildman–Crippen MR) is 58.2 cm³/mol. The first-order chi connectivity index (χ1) is 6.75. The second-order valence-corrected chi connectivity index (χ2v) is 5.04. The Labute approximate surface area is 87.7 Å². The Kier molecular flexibility index (Phi) is 2.96. The smallest absolute Gasteiger partial charge is 0.236 e. The standard InChI is InChI=1S/C9H15N3OS/c10-8(13)5-12-9-11-4-7(14-9)6-2-1-3-6/h6-7H,1-5H2,(H2,10,13)(H,11,12). The summed E-state index contributed by atoms with van der Waals surface area (Å²) in [6.07, 6.45) is 4.05. The fourth-order valence-electron chi connectivity index (χ4n) is 1.71. The van der Waals surface area contributed by atoms with Crippen LogP contribution in [0.15, 0.2) is 4.99 Å². The maximum atomic E-state index is 10.5. The van der Waals surface area contributed by atoms with E-state index in [9.17, 15) is 4.79 Å². The number of primary amides is 1. The second-order valence-electron chi connectivity index (χ2n) is 3.81. The van der Waals surface area contributed by atoms with Gasteiger partial charge in [-0.05, 0) is 18.8 Å². The molecule has 1 aliphatic carbocycles. The maximum absolute atomic E-state index is 10.5. The number of aliphatic imine (C=N–C) groups is 1. The molecule has 1 saturated carbocycles. The number of carbonyl (C=O) groups is 1. The SMILES string of the molecule is NC(=O)CNC1=NCC(C2CCC2)S1. The van der Waals surface area contributed by atoms with Crippen molar-refractivity contribution >= 4 is 22.8 Å². The number of nitrogens with zero attached hydrogens (tertiary/aromatic N) is 1. The van der Waals surface area contributed by atoms with Crippen LogP contribution in [0.1, 0.15) is 19.3 Å². The quantitative estimate of drug-likeness (QED) is 0.710. The number of rotatable bonds is 3. The summed E-state index contributed by atoms with van der Waals surface area (Å²) in [6.45, 7) is 1.10. The first-order valence-electron chi connectivity index (χ1n) is 4.99. The van der Waals surface area contributed by atoms with Gasteiger partial charge in [-0.15, -0.1) is 0 Å². The summed E-state index contributed by atoms with van der Waals surface area (Å²) < 4.78 is 0. The Morgan fingerprint density at radius 1 is 1.64 bits per heavy atom. The van der Waals surface area contributed by atoms with Gasteiger partial charge >= 0.3 is 0 Å². The normalized spacial score (nSPS) is 26.9. The van der Waals surface area contributed by atoms with Crippen LogP contribution in [0.5, 0.6) is 0 Å². The molecule has 78 valence electrons. The van der Waals surface area contributed by atoms with Crippen molar-refractivity contribution in [3.05, 3.63) is 0 Å². The summed E-state index contributed by atoms with van der Waals surface area (Å²) in [4.78, 5) is 14.9. The maximum Gasteiger partial charge on any atom is 0.236 e. The van der Waals surface area contributed by atoms with E-state index in [0.29, 0.717) is 5.25 Å². The van der Waals surface area contributed by atoms with Gasteiger partial charge in [-0.25, -0.2) is 0 Å². The Hall–Kier alpha value is -0.710. The molecule has 0 saturated heterocycles. The van der Waals surface area contributed by atoms with Crippen LogP contribution in [0, 0.1) is 5.92 Å². The Morgan fingerprint density at radius 2 is 2.43 bits per heavy atom. The van der Waals surface area contributed by atoms with Gasteiger partial charge in [0.1, 0.15) is 0 Å². The molecule has 1 heterocycles. The zero-order chi connectivity index (χ0) is 9.97. The van der Waals surface area contributed by atoms with Crippen molar-refractivity contribution in [2.45, 2.75) is 24.5 Å². The molecule has 1 fully saturated rings. The van der Waals surface area contributed by atoms with Crippen LogP contribution < -0.4 is 11.1 Å². The lowest BCUT2D eigenvalue weighted by atomic mass is 9.83. The third-order valence-corrected chi connectivity index (χ3v) is 4.10. The van der Waals surface area contributed by atoms with E-state index in [0.717, 1.165) is 17.6 Å². The van der Waals surface area contributed by atoms with Crippen molar-refractivity contribution in [1.29, 1.82) is 0 Å². The first-order valence-corrected chi connectivity index (χ1v) is 5.87. The number of nitrogens with two attached hydrogens (primary N) is 1. The Morgan fingerprint density at radius 3 is 3.00 bits per heavy atom. The monoisotopic (exact) mass is 213 g/mol. The van der Waals surface area contributed by atoms with Crippen molar-refractivity contribution < 1.29 is 4.79 Å². The van der Waals surface area contributed by atoms with E-state index in [1.165, 1.54) is 19.3 Å². The molecule has 5 heteroatoms. The van der Waals surface area contributed by atoms with E-state index >= 15 is 0 Å². The number of amidine groups is 1. The van der Waals surface area contributed by atoms with Crippen LogP contribution in [0.3, 0.4) is 0 Å². The molecular weight excluding hydrogens is 198 g/mol. The zero-order valence-corrected chi connectivity index (χ0v) is 8.85. The summed E-state index contributed by atoms with van der Waals surface area (Å²) in [5.41, 5.74) is 5.04. The van der Waals surface area contributed by atoms with E-state index in [-0.39, 0.29) is 12.5 Å². The molecule has 1 unspecified atom stereocenters. The summed E-state index contributed by atoms with van der Waals surface area (Å²) >= 11 is 1.77. The number of amides is 1. The highest BCUT2D eigenvalue weighted by atomic mass is 32.2. The fourth-order valence-corrected chi connectivity index (χ4v) is 2.91. The van der Waals surface area contributed by atoms with Gasteiger partial charge in [-0.2, -0.15) is 0 Å². The topological polar surface area (TPSA) is 67.5 Å². The molecule has 0 aromatic carbocycles. The summed E-state index contributed by atoms with van der Waals surface area (Å²) in [5.74, 6) is 0.511. The van der Waals surface area contributed by atoms with Gasteiger partial charge in [-0.1, -0.05) is 18.2 Å². The molecule has 1 amide bonds. The van der Waals surface area contributed by atoms with Crippen LogP contribution in [0.2, 0.25) is 0 Å². The highest BCUT2D eigenvalue weighted by molar-refractivity contribution is 8.14. The third-order valence-electron chi connectivity index (χ3n) is 2.77. The minimum absolute atomic E-state index is 0.198. The Bertz CT molecular complexity index is 263. The first kappa shape index (κ1) is 9.83. The van der Waals surface area contributed by atoms with Crippen LogP contribution in [0.25, 0.3) is 0 Å². The molecule has 1 aliphatic heterocycles. The van der Waals surface area contributed by atoms with Crippen LogP contribution in [0.4, 0.5) is 0 Å². The number of hydrogen-bond donors (Lipinski definition) is 2. The van der Waals surface area contributed by atoms with Crippen molar-refractivity contribution in [3.63, 3.8) is 0 Å². The molecule has 4 nitrogen and oxygen atoms in total. The van der Waals surface area contributed by atoms with Crippen LogP contribution in [-0.2, 0) is 4.79 Å². The zero-order valence-electron chi connectivity index (χ0n) is 8.03. The fraction of sp³-hybridized carbons (Fsp3) is 0.778. The molecule has 0 aromatic rings. The predicted octanol–water partition coefficient (Wildman–Crippen LogP) is 0.333. The van der Waals surface area contributed by atoms with Gasteiger partial charge in [0.2, 0.25) is 5.91 Å². The van der Waals surface area contributed by atoms with Crippen LogP contribution >= 0.6 is 11.8 Å². The highest BCUT2D eigenvalue weighted by Crippen LogP contribution is 2.38. The van der Waals surface area contributed by atoms with Gasteiger partial charge < -0.3 is 11.1 Å². The summed E-state index contributed by atoms with van der Waals surface area (Å²) in [6, 6.07) is 0. The van der Waals surface area contributed by atoms with Crippen LogP contribution in [-0.4, -0.2) is 29.4 Å². The van der Waals surface area contributed by atoms with E-state index in [1.54, 1.807) is 11.8 Å². The van der Waals surface area contributed by atoms with Crippen molar-refractivity contribution in [1.82, 2.24) is 5.32 Å². The lowest BCUT2D eigenvalue weighted by molar-refractivity contribution is -0.116. The second kappa shape index (κ2) is 4.21. The van der Waals surface area contributed by atoms with E-state index in [2.05, 4.69) is 10.3 Å². The molecule has 2 rings (SSSR count). The number of hydrogen-bond acceptors (Lipinski definition) is 4. The molecule has 1 atom stereocenters. The number of nitrogens with one attached hydrogen (secondary N) is 1. The summed E-state index contributed by atoms with van der Waals surface area (Å²) in [5, 5.41) is 4.48. The minimum Gasteiger partial charge on any atom is -0.368 e.